The Bertz CT molecular complexity index is 370. The Kier molecular flexibility index (Phi) is 5.07. The maximum atomic E-state index is 5.92. The van der Waals surface area contributed by atoms with Crippen LogP contribution in [-0.2, 0) is 0 Å². The quantitative estimate of drug-likeness (QED) is 0.680. The average molecular weight is 281 g/mol. The van der Waals surface area contributed by atoms with Crippen molar-refractivity contribution >= 4 is 7.26 Å². The fourth-order valence-electron chi connectivity index (χ4n) is 2.54. The van der Waals surface area contributed by atoms with Gasteiger partial charge in [-0.15, -0.1) is 0 Å². The highest BCUT2D eigenvalue weighted by molar-refractivity contribution is 7.78. The van der Waals surface area contributed by atoms with E-state index < -0.39 is 7.26 Å². The molecule has 1 aromatic rings. The predicted molar refractivity (Wildman–Crippen MR) is 89.2 cm³/mol. The highest BCUT2D eigenvalue weighted by Gasteiger charge is 2.53. The first-order valence-corrected chi connectivity index (χ1v) is 9.54. The normalized spacial score (nSPS) is 13.4. The van der Waals surface area contributed by atoms with Gasteiger partial charge >= 0.3 is 0 Å². The number of hydrogen-bond donors (Lipinski definition) is 0. The first-order valence-electron chi connectivity index (χ1n) is 7.11. The second-order valence-corrected chi connectivity index (χ2v) is 12.9. The molecule has 0 atom stereocenters. The third-order valence-corrected chi connectivity index (χ3v) is 11.5. The van der Waals surface area contributed by atoms with E-state index in [9.17, 15) is 0 Å². The van der Waals surface area contributed by atoms with Crippen LogP contribution in [0.15, 0.2) is 30.3 Å². The summed E-state index contributed by atoms with van der Waals surface area (Å²) in [6.45, 7) is 17.6. The van der Waals surface area contributed by atoms with Crippen LogP contribution in [0.5, 0.6) is 5.75 Å². The van der Waals surface area contributed by atoms with Gasteiger partial charge in [0.05, 0.1) is 23.1 Å². The number of para-hydroxylation sites is 1. The molecule has 0 unspecified atom stereocenters. The first kappa shape index (κ1) is 16.5. The van der Waals surface area contributed by atoms with E-state index in [-0.39, 0.29) is 0 Å². The highest BCUT2D eigenvalue weighted by atomic mass is 31.2. The van der Waals surface area contributed by atoms with E-state index in [0.717, 1.165) is 12.4 Å². The zero-order valence-electron chi connectivity index (χ0n) is 13.7. The van der Waals surface area contributed by atoms with Gasteiger partial charge in [-0.25, -0.2) is 0 Å². The van der Waals surface area contributed by atoms with Crippen molar-refractivity contribution in [3.8, 4) is 5.75 Å². The van der Waals surface area contributed by atoms with Crippen molar-refractivity contribution in [1.82, 2.24) is 0 Å². The van der Waals surface area contributed by atoms with Crippen molar-refractivity contribution in [2.75, 3.05) is 19.4 Å². The van der Waals surface area contributed by atoms with E-state index in [1.165, 1.54) is 6.16 Å². The second kappa shape index (κ2) is 5.83. The Balaban J connectivity index is 2.71. The number of rotatable bonds is 4. The largest absolute Gasteiger partial charge is 0.490 e. The van der Waals surface area contributed by atoms with Crippen LogP contribution in [0, 0.1) is 0 Å². The minimum Gasteiger partial charge on any atom is -0.490 e. The summed E-state index contributed by atoms with van der Waals surface area (Å²) in [5, 5.41) is 0.733. The lowest BCUT2D eigenvalue weighted by atomic mass is 10.2. The topological polar surface area (TPSA) is 9.23 Å². The molecule has 1 aromatic carbocycles. The molecule has 0 aromatic heterocycles. The summed E-state index contributed by atoms with van der Waals surface area (Å²) >= 11 is 0. The molecule has 0 aliphatic heterocycles. The molecule has 0 amide bonds. The van der Waals surface area contributed by atoms with Gasteiger partial charge in [0.25, 0.3) is 0 Å². The van der Waals surface area contributed by atoms with Crippen LogP contribution in [0.2, 0.25) is 0 Å². The molecule has 108 valence electrons. The van der Waals surface area contributed by atoms with Gasteiger partial charge in [0.1, 0.15) is 12.4 Å². The molecule has 0 heterocycles. The van der Waals surface area contributed by atoms with E-state index in [1.807, 2.05) is 30.3 Å². The van der Waals surface area contributed by atoms with Gasteiger partial charge in [-0.1, -0.05) is 18.2 Å². The smallest absolute Gasteiger partial charge is 0.122 e. The maximum Gasteiger partial charge on any atom is 0.122 e. The maximum absolute atomic E-state index is 5.92. The first-order chi connectivity index (χ1) is 8.58. The fourth-order valence-corrected chi connectivity index (χ4v) is 6.35. The molecule has 0 aliphatic rings. The Morgan fingerprint density at radius 1 is 0.895 bits per heavy atom. The van der Waals surface area contributed by atoms with Crippen LogP contribution in [0.3, 0.4) is 0 Å². The van der Waals surface area contributed by atoms with Crippen molar-refractivity contribution < 1.29 is 4.74 Å². The summed E-state index contributed by atoms with van der Waals surface area (Å²) in [4.78, 5) is 0. The molecule has 0 radical (unpaired) electrons. The van der Waals surface area contributed by atoms with Gasteiger partial charge < -0.3 is 4.74 Å². The van der Waals surface area contributed by atoms with Gasteiger partial charge in [0.15, 0.2) is 0 Å². The van der Waals surface area contributed by atoms with Crippen LogP contribution in [0.1, 0.15) is 41.5 Å². The third kappa shape index (κ3) is 3.96. The van der Waals surface area contributed by atoms with Crippen LogP contribution in [-0.4, -0.2) is 29.7 Å². The van der Waals surface area contributed by atoms with Crippen molar-refractivity contribution in [2.24, 2.45) is 0 Å². The van der Waals surface area contributed by atoms with Crippen LogP contribution in [0.25, 0.3) is 0 Å². The average Bonchev–Trinajstić information content (AvgIpc) is 2.27. The molecule has 2 heteroatoms. The lowest BCUT2D eigenvalue weighted by Gasteiger charge is -2.44. The molecule has 0 saturated heterocycles. The second-order valence-electron chi connectivity index (χ2n) is 7.42. The highest BCUT2D eigenvalue weighted by Crippen LogP contribution is 2.73. The number of benzene rings is 1. The van der Waals surface area contributed by atoms with Gasteiger partial charge in [-0.05, 0) is 53.7 Å². The third-order valence-electron chi connectivity index (χ3n) is 4.51. The minimum absolute atomic E-state index is 0.366. The molecule has 0 bridgehead atoms. The summed E-state index contributed by atoms with van der Waals surface area (Å²) in [6.07, 6.45) is 1.18. The zero-order valence-corrected chi connectivity index (χ0v) is 14.6. The molecular formula is C17H30OP+. The molecule has 0 fully saturated rings. The summed E-state index contributed by atoms with van der Waals surface area (Å²) in [7, 11) is -1.10. The monoisotopic (exact) mass is 281 g/mol. The van der Waals surface area contributed by atoms with Gasteiger partial charge in [-0.3, -0.25) is 0 Å². The molecule has 0 spiro atoms. The Morgan fingerprint density at radius 3 is 1.79 bits per heavy atom. The molecule has 1 nitrogen and oxygen atoms in total. The summed E-state index contributed by atoms with van der Waals surface area (Å²) in [5.41, 5.74) is 0. The summed E-state index contributed by atoms with van der Waals surface area (Å²) < 4.78 is 5.92. The van der Waals surface area contributed by atoms with Crippen LogP contribution < -0.4 is 4.74 Å². The van der Waals surface area contributed by atoms with Crippen LogP contribution >= 0.6 is 7.26 Å². The molecule has 0 saturated carbocycles. The molecule has 0 aliphatic carbocycles. The number of hydrogen-bond acceptors (Lipinski definition) is 1. The lowest BCUT2D eigenvalue weighted by Crippen LogP contribution is -2.36. The predicted octanol–water partition coefficient (Wildman–Crippen LogP) is 5.31. The van der Waals surface area contributed by atoms with Crippen molar-refractivity contribution in [1.29, 1.82) is 0 Å². The molecular weight excluding hydrogens is 251 g/mol. The summed E-state index contributed by atoms with van der Waals surface area (Å²) in [6, 6.07) is 10.1. The minimum atomic E-state index is -1.10. The van der Waals surface area contributed by atoms with Crippen molar-refractivity contribution in [3.05, 3.63) is 30.3 Å². The van der Waals surface area contributed by atoms with E-state index >= 15 is 0 Å². The Labute approximate surface area is 120 Å². The van der Waals surface area contributed by atoms with Crippen molar-refractivity contribution in [2.45, 2.75) is 51.9 Å². The van der Waals surface area contributed by atoms with E-state index in [2.05, 4.69) is 48.2 Å². The van der Waals surface area contributed by atoms with Crippen LogP contribution in [0.4, 0.5) is 0 Å². The SMILES string of the molecule is CC(C)(C)[P+](C)(CCOc1ccccc1)C(C)(C)C. The molecule has 0 N–H and O–H groups in total. The van der Waals surface area contributed by atoms with E-state index in [1.54, 1.807) is 0 Å². The number of ether oxygens (including phenoxy) is 1. The van der Waals surface area contributed by atoms with Gasteiger partial charge in [-0.2, -0.15) is 0 Å². The fraction of sp³-hybridized carbons (Fsp3) is 0.647. The van der Waals surface area contributed by atoms with Crippen molar-refractivity contribution in [3.63, 3.8) is 0 Å². The Hall–Kier alpha value is -0.550. The van der Waals surface area contributed by atoms with Gasteiger partial charge in [0, 0.05) is 7.26 Å². The molecule has 19 heavy (non-hydrogen) atoms. The Morgan fingerprint density at radius 2 is 1.37 bits per heavy atom. The van der Waals surface area contributed by atoms with E-state index in [4.69, 9.17) is 4.74 Å². The summed E-state index contributed by atoms with van der Waals surface area (Å²) in [5.74, 6) is 0.983. The molecule has 1 rings (SSSR count). The lowest BCUT2D eigenvalue weighted by molar-refractivity contribution is 0.340. The standard InChI is InChI=1S/C17H30OP/c1-16(2,3)19(7,17(4,5)6)14-13-18-15-11-9-8-10-12-15/h8-12H,13-14H2,1-7H3/q+1. The zero-order chi connectivity index (χ0) is 14.7. The van der Waals surface area contributed by atoms with Gasteiger partial charge in [0.2, 0.25) is 0 Å². The van der Waals surface area contributed by atoms with E-state index in [0.29, 0.717) is 10.3 Å².